The summed E-state index contributed by atoms with van der Waals surface area (Å²) in [6, 6.07) is 0. The third kappa shape index (κ3) is 10.0. The van der Waals surface area contributed by atoms with Crippen LogP contribution in [0, 0.1) is 0 Å². The zero-order valence-corrected chi connectivity index (χ0v) is 7.90. The second-order valence-electron chi connectivity index (χ2n) is 2.58. The van der Waals surface area contributed by atoms with Gasteiger partial charge in [0.25, 0.3) is 0 Å². The molecule has 11 heavy (non-hydrogen) atoms. The van der Waals surface area contributed by atoms with Gasteiger partial charge in [-0.25, -0.2) is 0 Å². The first-order chi connectivity index (χ1) is 5.27. The van der Waals surface area contributed by atoms with Gasteiger partial charge in [0.2, 0.25) is 0 Å². The van der Waals surface area contributed by atoms with Crippen molar-refractivity contribution >= 4 is 8.18 Å². The summed E-state index contributed by atoms with van der Waals surface area (Å²) >= 11 is 0. The van der Waals surface area contributed by atoms with Crippen LogP contribution < -0.4 is 9.98 Å². The highest BCUT2D eigenvalue weighted by atomic mass is 31.1. The number of hydrogen-bond acceptors (Lipinski definition) is 2. The predicted octanol–water partition coefficient (Wildman–Crippen LogP) is 1.56. The van der Waals surface area contributed by atoms with Crippen LogP contribution in [-0.2, 0) is 4.57 Å². The maximum absolute atomic E-state index is 10.0. The lowest BCUT2D eigenvalue weighted by Crippen LogP contribution is -2.10. The van der Waals surface area contributed by atoms with E-state index in [4.69, 9.17) is 0 Å². The Hall–Kier alpha value is 0.0200. The lowest BCUT2D eigenvalue weighted by molar-refractivity contribution is -0.167. The highest BCUT2D eigenvalue weighted by molar-refractivity contribution is 7.33. The molecule has 0 aromatic rings. The van der Waals surface area contributed by atoms with E-state index in [1.54, 1.807) is 0 Å². The Morgan fingerprint density at radius 3 is 2.45 bits per heavy atom. The van der Waals surface area contributed by atoms with Gasteiger partial charge in [-0.05, 0) is 6.42 Å². The highest BCUT2D eigenvalue weighted by Crippen LogP contribution is 2.03. The smallest absolute Gasteiger partial charge is 0.408 e. The van der Waals surface area contributed by atoms with Crippen LogP contribution in [0.2, 0.25) is 0 Å². The summed E-state index contributed by atoms with van der Waals surface area (Å²) in [6.07, 6.45) is 5.79. The van der Waals surface area contributed by atoms with Crippen LogP contribution in [0.15, 0.2) is 0 Å². The quantitative estimate of drug-likeness (QED) is 0.474. The summed E-state index contributed by atoms with van der Waals surface area (Å²) < 4.78 is 10.0. The molecule has 3 nitrogen and oxygen atoms in total. The summed E-state index contributed by atoms with van der Waals surface area (Å²) in [4.78, 5) is 10.0. The van der Waals surface area contributed by atoms with Gasteiger partial charge >= 0.3 is 8.18 Å². The molecule has 1 unspecified atom stereocenters. The molecule has 66 valence electrons. The molecular formula is C7H16NO2P. The average Bonchev–Trinajstić information content (AvgIpc) is 1.96. The minimum atomic E-state index is -2.37. The SMILES string of the molecule is CCCCCCCN[P+](=O)[O-]. The van der Waals surface area contributed by atoms with Gasteiger partial charge < -0.3 is 4.89 Å². The van der Waals surface area contributed by atoms with Crippen molar-refractivity contribution in [1.29, 1.82) is 0 Å². The van der Waals surface area contributed by atoms with E-state index in [0.717, 1.165) is 12.8 Å². The van der Waals surface area contributed by atoms with Crippen molar-refractivity contribution < 1.29 is 9.46 Å². The lowest BCUT2D eigenvalue weighted by Gasteiger charge is -1.96. The van der Waals surface area contributed by atoms with Crippen molar-refractivity contribution in [2.45, 2.75) is 39.0 Å². The molecule has 0 aliphatic carbocycles. The summed E-state index contributed by atoms with van der Waals surface area (Å²) in [7, 11) is -2.37. The van der Waals surface area contributed by atoms with E-state index in [2.05, 4.69) is 12.0 Å². The van der Waals surface area contributed by atoms with Crippen LogP contribution in [0.1, 0.15) is 39.0 Å². The van der Waals surface area contributed by atoms with Gasteiger partial charge in [-0.2, -0.15) is 0 Å². The van der Waals surface area contributed by atoms with Crippen LogP contribution in [0.5, 0.6) is 0 Å². The van der Waals surface area contributed by atoms with E-state index in [1.165, 1.54) is 19.3 Å². The van der Waals surface area contributed by atoms with E-state index >= 15 is 0 Å². The van der Waals surface area contributed by atoms with Crippen molar-refractivity contribution in [2.75, 3.05) is 6.54 Å². The van der Waals surface area contributed by atoms with Crippen LogP contribution in [-0.4, -0.2) is 6.54 Å². The second-order valence-corrected chi connectivity index (χ2v) is 3.41. The topological polar surface area (TPSA) is 52.2 Å². The molecule has 1 atom stereocenters. The molecule has 0 rings (SSSR count). The fourth-order valence-electron chi connectivity index (χ4n) is 0.899. The first-order valence-electron chi connectivity index (χ1n) is 4.15. The fourth-order valence-corrected chi connectivity index (χ4v) is 1.24. The molecule has 1 N–H and O–H groups in total. The fraction of sp³-hybridized carbons (Fsp3) is 1.00. The van der Waals surface area contributed by atoms with E-state index in [0.29, 0.717) is 6.54 Å². The molecule has 0 spiro atoms. The molecule has 0 bridgehead atoms. The maximum Gasteiger partial charge on any atom is 0.408 e. The Kier molecular flexibility index (Phi) is 8.13. The van der Waals surface area contributed by atoms with Gasteiger partial charge in [0, 0.05) is 6.54 Å². The molecule has 0 radical (unpaired) electrons. The molecule has 0 aromatic carbocycles. The number of rotatable bonds is 7. The summed E-state index contributed by atoms with van der Waals surface area (Å²) in [5, 5.41) is 2.38. The standard InChI is InChI=1S/C7H16NO2P/c1-2-3-4-5-6-7-8-11(9)10/h2-7H2,1H3,(H,8,9,10). The Balaban J connectivity index is 2.85. The summed E-state index contributed by atoms with van der Waals surface area (Å²) in [5.74, 6) is 0. The summed E-state index contributed by atoms with van der Waals surface area (Å²) in [6.45, 7) is 2.76. The van der Waals surface area contributed by atoms with Crippen molar-refractivity contribution in [3.8, 4) is 0 Å². The monoisotopic (exact) mass is 177 g/mol. The average molecular weight is 177 g/mol. The van der Waals surface area contributed by atoms with Gasteiger partial charge in [0.15, 0.2) is 0 Å². The van der Waals surface area contributed by atoms with Crippen molar-refractivity contribution in [3.05, 3.63) is 0 Å². The van der Waals surface area contributed by atoms with Gasteiger partial charge in [0.05, 0.1) is 0 Å². The third-order valence-corrected chi connectivity index (χ3v) is 2.00. The molecule has 0 aromatic heterocycles. The zero-order chi connectivity index (χ0) is 8.53. The summed E-state index contributed by atoms with van der Waals surface area (Å²) in [5.41, 5.74) is 0. The van der Waals surface area contributed by atoms with Gasteiger partial charge in [-0.1, -0.05) is 37.2 Å². The first kappa shape index (κ1) is 11.0. The van der Waals surface area contributed by atoms with Crippen LogP contribution in [0.25, 0.3) is 0 Å². The number of hydrogen-bond donors (Lipinski definition) is 1. The maximum atomic E-state index is 10.0. The van der Waals surface area contributed by atoms with Gasteiger partial charge in [-0.15, -0.1) is 5.09 Å². The third-order valence-electron chi connectivity index (χ3n) is 1.52. The Labute approximate surface area is 69.1 Å². The van der Waals surface area contributed by atoms with Crippen LogP contribution >= 0.6 is 8.18 Å². The van der Waals surface area contributed by atoms with Crippen LogP contribution in [0.3, 0.4) is 0 Å². The molecule has 0 saturated heterocycles. The van der Waals surface area contributed by atoms with Crippen molar-refractivity contribution in [2.24, 2.45) is 0 Å². The Bertz CT molecular complexity index is 109. The molecule has 0 saturated carbocycles. The molecule has 0 fully saturated rings. The van der Waals surface area contributed by atoms with Gasteiger partial charge in [0.1, 0.15) is 0 Å². The molecule has 4 heteroatoms. The molecule has 0 amide bonds. The van der Waals surface area contributed by atoms with E-state index < -0.39 is 8.18 Å². The Morgan fingerprint density at radius 1 is 1.27 bits per heavy atom. The van der Waals surface area contributed by atoms with E-state index in [1.807, 2.05) is 0 Å². The predicted molar refractivity (Wildman–Crippen MR) is 44.4 cm³/mol. The lowest BCUT2D eigenvalue weighted by atomic mass is 10.2. The van der Waals surface area contributed by atoms with Gasteiger partial charge in [-0.3, -0.25) is 0 Å². The molecule has 0 aliphatic heterocycles. The Morgan fingerprint density at radius 2 is 1.91 bits per heavy atom. The second kappa shape index (κ2) is 8.12. The zero-order valence-electron chi connectivity index (χ0n) is 7.01. The molecule has 0 aliphatic rings. The minimum Gasteiger partial charge on any atom is -0.578 e. The number of unbranched alkanes of at least 4 members (excludes halogenated alkanes) is 4. The van der Waals surface area contributed by atoms with E-state index in [-0.39, 0.29) is 0 Å². The molecular weight excluding hydrogens is 161 g/mol. The normalized spacial score (nSPS) is 11.6. The van der Waals surface area contributed by atoms with Crippen molar-refractivity contribution in [3.63, 3.8) is 0 Å². The van der Waals surface area contributed by atoms with Crippen molar-refractivity contribution in [1.82, 2.24) is 5.09 Å². The first-order valence-corrected chi connectivity index (χ1v) is 5.33. The largest absolute Gasteiger partial charge is 0.578 e. The minimum absolute atomic E-state index is 0.600. The van der Waals surface area contributed by atoms with Crippen LogP contribution in [0.4, 0.5) is 0 Å². The highest BCUT2D eigenvalue weighted by Gasteiger charge is 1.96. The van der Waals surface area contributed by atoms with E-state index in [9.17, 15) is 9.46 Å². The molecule has 0 heterocycles. The number of nitrogens with one attached hydrogen (secondary N) is 1.